The second kappa shape index (κ2) is 8.27. The van der Waals surface area contributed by atoms with E-state index < -0.39 is 30.1 Å². The first kappa shape index (κ1) is 22.4. The molecule has 1 atom stereocenters. The molecule has 170 valence electrons. The van der Waals surface area contributed by atoms with Crippen molar-refractivity contribution in [2.75, 3.05) is 12.4 Å². The van der Waals surface area contributed by atoms with Crippen LogP contribution in [0, 0.1) is 12.8 Å². The van der Waals surface area contributed by atoms with Crippen LogP contribution in [-0.2, 0) is 4.79 Å². The summed E-state index contributed by atoms with van der Waals surface area (Å²) in [5.74, 6) is -5.61. The first-order valence-electron chi connectivity index (χ1n) is 10.4. The molecule has 0 radical (unpaired) electrons. The minimum absolute atomic E-state index is 0.0681. The van der Waals surface area contributed by atoms with Crippen molar-refractivity contribution in [1.82, 2.24) is 20.3 Å². The zero-order chi connectivity index (χ0) is 23.9. The number of amides is 2. The number of nitrogens with one attached hydrogen (secondary N) is 2. The second-order valence-electron chi connectivity index (χ2n) is 7.89. The van der Waals surface area contributed by atoms with Crippen molar-refractivity contribution >= 4 is 34.3 Å². The van der Waals surface area contributed by atoms with Crippen molar-refractivity contribution < 1.29 is 23.2 Å². The van der Waals surface area contributed by atoms with Gasteiger partial charge in [0, 0.05) is 54.9 Å². The highest BCUT2D eigenvalue weighted by atomic mass is 19.3. The van der Waals surface area contributed by atoms with Crippen LogP contribution in [0.5, 0.6) is 0 Å². The van der Waals surface area contributed by atoms with Crippen LogP contribution in [0.2, 0.25) is 0 Å². The number of pyridine rings is 3. The molecule has 8 nitrogen and oxygen atoms in total. The highest BCUT2D eigenvalue weighted by Crippen LogP contribution is 2.49. The van der Waals surface area contributed by atoms with Gasteiger partial charge in [0.1, 0.15) is 23.1 Å². The van der Waals surface area contributed by atoms with Gasteiger partial charge in [-0.3, -0.25) is 19.4 Å². The van der Waals surface area contributed by atoms with E-state index in [4.69, 9.17) is 0 Å². The molecule has 0 spiro atoms. The van der Waals surface area contributed by atoms with E-state index in [0.29, 0.717) is 34.1 Å². The maximum Gasteiger partial charge on any atom is 0.270 e. The number of halogens is 2. The molecule has 0 aromatic carbocycles. The predicted molar refractivity (Wildman–Crippen MR) is 117 cm³/mol. The number of aromatic nitrogens is 3. The average Bonchev–Trinajstić information content (AvgIpc) is 3.45. The lowest BCUT2D eigenvalue weighted by molar-refractivity contribution is -0.119. The highest BCUT2D eigenvalue weighted by Gasteiger charge is 2.61. The maximum atomic E-state index is 13.1. The number of aryl methyl sites for hydroxylation is 1. The summed E-state index contributed by atoms with van der Waals surface area (Å²) >= 11 is 0. The monoisotopic (exact) mass is 453 g/mol. The van der Waals surface area contributed by atoms with Gasteiger partial charge in [-0.1, -0.05) is 6.92 Å². The first-order valence-corrected chi connectivity index (χ1v) is 10.4. The molecule has 0 aliphatic heterocycles. The summed E-state index contributed by atoms with van der Waals surface area (Å²) in [7, 11) is 1.47. The number of alkyl halides is 2. The number of carbonyl (C=O) groups is 3. The van der Waals surface area contributed by atoms with Crippen LogP contribution in [0.15, 0.2) is 30.6 Å². The van der Waals surface area contributed by atoms with Crippen LogP contribution >= 0.6 is 0 Å². The zero-order valence-electron chi connectivity index (χ0n) is 18.2. The minimum Gasteiger partial charge on any atom is -0.354 e. The summed E-state index contributed by atoms with van der Waals surface area (Å²) in [6.45, 7) is 3.57. The van der Waals surface area contributed by atoms with Crippen molar-refractivity contribution in [1.29, 1.82) is 0 Å². The van der Waals surface area contributed by atoms with Gasteiger partial charge < -0.3 is 10.6 Å². The van der Waals surface area contributed by atoms with Crippen molar-refractivity contribution in [2.45, 2.75) is 32.6 Å². The number of nitrogens with zero attached hydrogens (tertiary/aromatic N) is 3. The molecule has 1 saturated carbocycles. The molecule has 1 fully saturated rings. The Balaban J connectivity index is 1.75. The van der Waals surface area contributed by atoms with Gasteiger partial charge >= 0.3 is 0 Å². The number of rotatable bonds is 6. The Bertz CT molecular complexity index is 1310. The predicted octanol–water partition coefficient (Wildman–Crippen LogP) is 3.55. The zero-order valence-corrected chi connectivity index (χ0v) is 18.2. The Morgan fingerprint density at radius 1 is 1.12 bits per heavy atom. The molecule has 2 N–H and O–H groups in total. The third-order valence-electron chi connectivity index (χ3n) is 5.54. The third-order valence-corrected chi connectivity index (χ3v) is 5.54. The van der Waals surface area contributed by atoms with Crippen LogP contribution in [0.3, 0.4) is 0 Å². The van der Waals surface area contributed by atoms with Crippen molar-refractivity contribution in [3.8, 4) is 11.1 Å². The van der Waals surface area contributed by atoms with Gasteiger partial charge in [-0.05, 0) is 24.6 Å². The molecule has 3 aromatic heterocycles. The van der Waals surface area contributed by atoms with Crippen LogP contribution in [0.1, 0.15) is 46.3 Å². The standard InChI is InChI=1S/C23H21F2N5O3/c1-4-18(31)17-5-11(2)14(10-27-17)13-6-12-9-28-19(30-21(32)15-8-23(15,24)25)7-16(12)29-20(13)22(33)26-3/h5-7,9-10,15H,4,8H2,1-3H3,(H,26,33)(H,28,30,32)/t15-/m1/s1. The minimum atomic E-state index is -2.98. The van der Waals surface area contributed by atoms with E-state index in [-0.39, 0.29) is 17.3 Å². The van der Waals surface area contributed by atoms with Crippen molar-refractivity contribution in [3.63, 3.8) is 0 Å². The Morgan fingerprint density at radius 3 is 2.45 bits per heavy atom. The van der Waals surface area contributed by atoms with E-state index >= 15 is 0 Å². The number of Topliss-reactive ketones (excluding diaryl/α,β-unsaturated/α-hetero) is 1. The molecule has 3 aromatic rings. The van der Waals surface area contributed by atoms with Crippen LogP contribution < -0.4 is 10.6 Å². The molecule has 0 unspecified atom stereocenters. The van der Waals surface area contributed by atoms with E-state index in [1.165, 1.54) is 25.5 Å². The quantitative estimate of drug-likeness (QED) is 0.552. The van der Waals surface area contributed by atoms with E-state index in [9.17, 15) is 23.2 Å². The topological polar surface area (TPSA) is 114 Å². The van der Waals surface area contributed by atoms with Gasteiger partial charge in [0.05, 0.1) is 5.52 Å². The van der Waals surface area contributed by atoms with E-state index in [2.05, 4.69) is 25.6 Å². The molecule has 0 bridgehead atoms. The lowest BCUT2D eigenvalue weighted by atomic mass is 9.98. The number of hydrogen-bond donors (Lipinski definition) is 2. The number of hydrogen-bond acceptors (Lipinski definition) is 6. The fraction of sp³-hybridized carbons (Fsp3) is 0.304. The summed E-state index contributed by atoms with van der Waals surface area (Å²) in [5.41, 5.74) is 2.69. The smallest absolute Gasteiger partial charge is 0.270 e. The third kappa shape index (κ3) is 4.28. The second-order valence-corrected chi connectivity index (χ2v) is 7.89. The first-order chi connectivity index (χ1) is 15.6. The summed E-state index contributed by atoms with van der Waals surface area (Å²) in [5, 5.41) is 5.50. The molecular formula is C23H21F2N5O3. The van der Waals surface area contributed by atoms with Gasteiger partial charge in [-0.15, -0.1) is 0 Å². The van der Waals surface area contributed by atoms with E-state index in [1.807, 2.05) is 6.92 Å². The largest absolute Gasteiger partial charge is 0.354 e. The number of carbonyl (C=O) groups excluding carboxylic acids is 3. The number of fused-ring (bicyclic) bond motifs is 1. The van der Waals surface area contributed by atoms with Gasteiger partial charge in [0.25, 0.3) is 11.8 Å². The maximum absolute atomic E-state index is 13.1. The Hall–Kier alpha value is -3.82. The van der Waals surface area contributed by atoms with Gasteiger partial charge in [-0.25, -0.2) is 18.7 Å². The van der Waals surface area contributed by atoms with Crippen LogP contribution in [0.25, 0.3) is 22.0 Å². The summed E-state index contributed by atoms with van der Waals surface area (Å²) in [6.07, 6.45) is 2.82. The van der Waals surface area contributed by atoms with Crippen LogP contribution in [-0.4, -0.2) is 45.5 Å². The van der Waals surface area contributed by atoms with Crippen molar-refractivity contribution in [2.24, 2.45) is 5.92 Å². The molecule has 1 aliphatic carbocycles. The normalized spacial score (nSPS) is 16.3. The summed E-state index contributed by atoms with van der Waals surface area (Å²) in [4.78, 5) is 49.4. The Kier molecular flexibility index (Phi) is 5.61. The summed E-state index contributed by atoms with van der Waals surface area (Å²) < 4.78 is 26.3. The number of ketones is 1. The molecule has 3 heterocycles. The SMILES string of the molecule is CCC(=O)c1cc(C)c(-c2cc3cnc(NC(=O)[C@H]4CC4(F)F)cc3nc2C(=O)NC)cn1. The summed E-state index contributed by atoms with van der Waals surface area (Å²) in [6, 6.07) is 4.81. The van der Waals surface area contributed by atoms with Gasteiger partial charge in [0.15, 0.2) is 5.78 Å². The fourth-order valence-electron chi connectivity index (χ4n) is 3.52. The van der Waals surface area contributed by atoms with E-state index in [1.54, 1.807) is 19.1 Å². The van der Waals surface area contributed by atoms with Gasteiger partial charge in [-0.2, -0.15) is 0 Å². The lowest BCUT2D eigenvalue weighted by Crippen LogP contribution is -2.21. The molecular weight excluding hydrogens is 432 g/mol. The Morgan fingerprint density at radius 2 is 1.85 bits per heavy atom. The molecule has 0 saturated heterocycles. The fourth-order valence-corrected chi connectivity index (χ4v) is 3.52. The lowest BCUT2D eigenvalue weighted by Gasteiger charge is -2.13. The van der Waals surface area contributed by atoms with Gasteiger partial charge in [0.2, 0.25) is 5.91 Å². The van der Waals surface area contributed by atoms with Crippen molar-refractivity contribution in [3.05, 3.63) is 47.5 Å². The molecule has 10 heteroatoms. The average molecular weight is 453 g/mol. The molecule has 2 amide bonds. The molecule has 4 rings (SSSR count). The van der Waals surface area contributed by atoms with E-state index in [0.717, 1.165) is 5.56 Å². The Labute approximate surface area is 187 Å². The molecule has 33 heavy (non-hydrogen) atoms. The van der Waals surface area contributed by atoms with Crippen LogP contribution in [0.4, 0.5) is 14.6 Å². The molecule has 1 aliphatic rings. The number of anilines is 1. The highest BCUT2D eigenvalue weighted by molar-refractivity contribution is 6.03.